The first-order chi connectivity index (χ1) is 39.1. The largest absolute Gasteiger partial charge is 0.462 e. The maximum Gasteiger partial charge on any atom is 0.416 e. The van der Waals surface area contributed by atoms with Crippen molar-refractivity contribution in [1.29, 1.82) is 0 Å². The summed E-state index contributed by atoms with van der Waals surface area (Å²) < 4.78 is 273. The van der Waals surface area contributed by atoms with Gasteiger partial charge in [0.1, 0.15) is 30.2 Å². The van der Waals surface area contributed by atoms with Gasteiger partial charge < -0.3 is 39.9 Å². The van der Waals surface area contributed by atoms with Crippen molar-refractivity contribution in [2.24, 2.45) is 0 Å². The lowest BCUT2D eigenvalue weighted by atomic mass is 9.97. The molecular weight excluding hydrogens is 1170 g/mol. The summed E-state index contributed by atoms with van der Waals surface area (Å²) in [5, 5.41) is 40.9. The Hall–Kier alpha value is -8.18. The molecule has 28 heteroatoms. The van der Waals surface area contributed by atoms with Crippen LogP contribution in [0.2, 0.25) is 0 Å². The fourth-order valence-corrected chi connectivity index (χ4v) is 9.72. The smallest absolute Gasteiger partial charge is 0.416 e. The highest BCUT2D eigenvalue weighted by molar-refractivity contribution is 6.00. The molecule has 1 fully saturated rings. The number of fused-ring (bicyclic) bond motifs is 8. The maximum atomic E-state index is 14.6. The van der Waals surface area contributed by atoms with Gasteiger partial charge in [-0.25, -0.2) is 9.97 Å². The maximum absolute atomic E-state index is 14.6. The number of benzene rings is 4. The molecule has 6 heterocycles. The third-order valence-electron chi connectivity index (χ3n) is 13.6. The molecule has 440 valence electrons. The van der Waals surface area contributed by atoms with Gasteiger partial charge in [0.25, 0.3) is 0 Å². The number of alkyl halides is 18. The lowest BCUT2D eigenvalue weighted by Gasteiger charge is -2.39. The second kappa shape index (κ2) is 20.9. The Balaban J connectivity index is 1.35. The molecule has 0 aliphatic carbocycles. The molecule has 7 aromatic rings. The number of aliphatic hydroxyl groups excluding tert-OH is 4. The molecule has 10 rings (SSSR count). The molecule has 3 unspecified atom stereocenters. The van der Waals surface area contributed by atoms with Gasteiger partial charge in [0, 0.05) is 44.3 Å². The number of hydrogen-bond donors (Lipinski definition) is 6. The minimum Gasteiger partial charge on any atom is -0.462 e. The Bertz CT molecular complexity index is 3790. The Kier molecular flexibility index (Phi) is 14.6. The zero-order chi connectivity index (χ0) is 61.0. The molecular formula is C56H34F18N4O6. The lowest BCUT2D eigenvalue weighted by molar-refractivity contribution is -0.277. The molecule has 4 aromatic carbocycles. The number of nitrogens with zero attached hydrogens (tertiary/aromatic N) is 2. The van der Waals surface area contributed by atoms with Crippen LogP contribution in [0, 0.1) is 0 Å². The summed E-state index contributed by atoms with van der Waals surface area (Å²) in [6.45, 7) is -0.832. The van der Waals surface area contributed by atoms with Crippen LogP contribution in [0.4, 0.5) is 79.0 Å². The van der Waals surface area contributed by atoms with Crippen molar-refractivity contribution in [1.82, 2.24) is 19.9 Å². The minimum absolute atomic E-state index is 0.0679. The number of rotatable bonds is 7. The normalized spacial score (nSPS) is 18.9. The van der Waals surface area contributed by atoms with E-state index in [1.807, 2.05) is 0 Å². The third-order valence-corrected chi connectivity index (χ3v) is 13.6. The topological polar surface area (TPSA) is 157 Å². The van der Waals surface area contributed by atoms with E-state index in [-0.39, 0.29) is 63.9 Å². The summed E-state index contributed by atoms with van der Waals surface area (Å²) in [6.07, 6.45) is -37.3. The van der Waals surface area contributed by atoms with Gasteiger partial charge in [-0.2, -0.15) is 79.0 Å². The zero-order valence-electron chi connectivity index (χ0n) is 41.5. The summed E-state index contributed by atoms with van der Waals surface area (Å²) in [5.74, 6) is -0.127. The van der Waals surface area contributed by atoms with Crippen LogP contribution in [-0.4, -0.2) is 77.7 Å². The second-order valence-corrected chi connectivity index (χ2v) is 19.2. The SMILES string of the molecule is OCC1O[C@@H](Oc2ccc(-c3c4nc(c(-c5cc(C(F)(F)F)cc(C(F)(F)F)c5)c5ccc([nH]5)c(-c5cc(C(F)(F)F)cc(C(F)(F)F)c5)c5nc(c(-c6cc(C(F)(F)F)cc(C(F)(F)F)c6)c6ccc3[nH]6)C=C5)C=C4)cc2)C(O)C(O)[C@@H]1O. The molecule has 10 nitrogen and oxygen atoms in total. The summed E-state index contributed by atoms with van der Waals surface area (Å²) in [4.78, 5) is 14.6. The Morgan fingerprint density at radius 3 is 0.940 bits per heavy atom. The molecule has 8 bridgehead atoms. The van der Waals surface area contributed by atoms with E-state index in [0.717, 1.165) is 36.4 Å². The summed E-state index contributed by atoms with van der Waals surface area (Å²) in [5.41, 5.74) is -19.0. The van der Waals surface area contributed by atoms with Gasteiger partial charge in [0.2, 0.25) is 6.29 Å². The van der Waals surface area contributed by atoms with Crippen LogP contribution >= 0.6 is 0 Å². The van der Waals surface area contributed by atoms with E-state index in [4.69, 9.17) is 9.47 Å². The van der Waals surface area contributed by atoms with Crippen LogP contribution in [0.1, 0.15) is 56.2 Å². The number of H-pyrrole nitrogens is 2. The lowest BCUT2D eigenvalue weighted by Crippen LogP contribution is -2.60. The van der Waals surface area contributed by atoms with Crippen molar-refractivity contribution in [3.63, 3.8) is 0 Å². The van der Waals surface area contributed by atoms with Gasteiger partial charge in [-0.1, -0.05) is 12.1 Å². The van der Waals surface area contributed by atoms with E-state index in [1.165, 1.54) is 36.4 Å². The second-order valence-electron chi connectivity index (χ2n) is 19.2. The van der Waals surface area contributed by atoms with Gasteiger partial charge in [0.05, 0.1) is 62.8 Å². The molecule has 0 spiro atoms. The number of ether oxygens (including phenoxy) is 2. The van der Waals surface area contributed by atoms with Crippen molar-refractivity contribution in [3.8, 4) is 50.3 Å². The Morgan fingerprint density at radius 2 is 0.667 bits per heavy atom. The van der Waals surface area contributed by atoms with Crippen LogP contribution in [0.5, 0.6) is 5.75 Å². The number of aromatic nitrogens is 4. The van der Waals surface area contributed by atoms with Crippen molar-refractivity contribution in [2.45, 2.75) is 67.8 Å². The molecule has 6 N–H and O–H groups in total. The predicted octanol–water partition coefficient (Wildman–Crippen LogP) is 14.6. The quantitative estimate of drug-likeness (QED) is 0.0862. The number of hydrogen-bond acceptors (Lipinski definition) is 8. The van der Waals surface area contributed by atoms with E-state index in [0.29, 0.717) is 24.3 Å². The first-order valence-corrected chi connectivity index (χ1v) is 24.2. The van der Waals surface area contributed by atoms with Crippen LogP contribution in [0.3, 0.4) is 0 Å². The van der Waals surface area contributed by atoms with Crippen molar-refractivity contribution < 1.29 is 109 Å². The molecule has 84 heavy (non-hydrogen) atoms. The molecule has 5 atom stereocenters. The first-order valence-electron chi connectivity index (χ1n) is 24.2. The predicted molar refractivity (Wildman–Crippen MR) is 265 cm³/mol. The Labute approximate surface area is 458 Å². The van der Waals surface area contributed by atoms with Crippen LogP contribution in [-0.2, 0) is 41.8 Å². The minimum atomic E-state index is -5.51. The molecule has 0 radical (unpaired) electrons. The molecule has 1 saturated heterocycles. The van der Waals surface area contributed by atoms with E-state index in [2.05, 4.69) is 19.9 Å². The van der Waals surface area contributed by atoms with Crippen molar-refractivity contribution >= 4 is 46.4 Å². The number of nitrogens with one attached hydrogen (secondary N) is 2. The van der Waals surface area contributed by atoms with Gasteiger partial charge in [0.15, 0.2) is 0 Å². The van der Waals surface area contributed by atoms with Crippen LogP contribution < -0.4 is 4.74 Å². The summed E-state index contributed by atoms with van der Waals surface area (Å²) in [7, 11) is 0. The van der Waals surface area contributed by atoms with E-state index in [9.17, 15) is 99.5 Å². The fraction of sp³-hybridized carbons (Fsp3) is 0.214. The summed E-state index contributed by atoms with van der Waals surface area (Å²) >= 11 is 0. The molecule has 3 aliphatic heterocycles. The average molecular weight is 1200 g/mol. The average Bonchev–Trinajstić information content (AvgIpc) is 2.36. The highest BCUT2D eigenvalue weighted by Crippen LogP contribution is 2.46. The zero-order valence-corrected chi connectivity index (χ0v) is 41.5. The van der Waals surface area contributed by atoms with Crippen LogP contribution in [0.15, 0.2) is 103 Å². The van der Waals surface area contributed by atoms with Gasteiger partial charge in [-0.3, -0.25) is 0 Å². The van der Waals surface area contributed by atoms with Gasteiger partial charge in [-0.15, -0.1) is 0 Å². The standard InChI is InChI=1S/C56H34F18N4O6/c57-51(58,59)27-13-24(14-28(19-27)52(60,61)62)44-36-7-5-34(75-36)43(23-1-3-33(4-2-23)83-50-49(82)48(81)47(80)42(22-79)84-50)35-6-8-37(76-35)45(25-15-29(53(63,64)65)20-30(16-25)54(66,67)68)39-10-12-41(78-39)46(40-11-9-38(44)77-40)26-17-31(55(69,70)71)21-32(18-26)56(72,73)74/h1-21,42,47-50,75,78-82H,22H2/t42?,47-,48?,49?,50-/m1/s1. The van der Waals surface area contributed by atoms with E-state index >= 15 is 0 Å². The molecule has 3 aliphatic rings. The fourth-order valence-electron chi connectivity index (χ4n) is 9.72. The summed E-state index contributed by atoms with van der Waals surface area (Å²) in [6, 6.07) is 10.5. The van der Waals surface area contributed by atoms with E-state index < -0.39 is 169 Å². The molecule has 3 aromatic heterocycles. The molecule has 0 amide bonds. The number of halogens is 18. The van der Waals surface area contributed by atoms with Gasteiger partial charge >= 0.3 is 37.1 Å². The van der Waals surface area contributed by atoms with Crippen molar-refractivity contribution in [2.75, 3.05) is 6.61 Å². The highest BCUT2D eigenvalue weighted by atomic mass is 19.4. The Morgan fingerprint density at radius 1 is 0.381 bits per heavy atom. The van der Waals surface area contributed by atoms with Crippen molar-refractivity contribution in [3.05, 3.63) is 159 Å². The highest BCUT2D eigenvalue weighted by Gasteiger charge is 2.45. The molecule has 0 saturated carbocycles. The monoisotopic (exact) mass is 1200 g/mol. The number of aromatic amines is 2. The van der Waals surface area contributed by atoms with Crippen LogP contribution in [0.25, 0.3) is 90.9 Å². The van der Waals surface area contributed by atoms with E-state index in [1.54, 1.807) is 0 Å². The number of aliphatic hydroxyl groups is 4. The third kappa shape index (κ3) is 11.6. The first kappa shape index (κ1) is 59.0. The van der Waals surface area contributed by atoms with Gasteiger partial charge in [-0.05, 0) is 138 Å².